The van der Waals surface area contributed by atoms with Gasteiger partial charge in [-0.3, -0.25) is 14.5 Å². The lowest BCUT2D eigenvalue weighted by Gasteiger charge is -2.13. The largest absolute Gasteiger partial charge is 0.360 e. The number of aryl methyl sites for hydroxylation is 2. The number of nitrogens with one attached hydrogen (secondary N) is 1. The summed E-state index contributed by atoms with van der Waals surface area (Å²) >= 11 is 6.42. The molecule has 0 unspecified atom stereocenters. The number of aromatic nitrogens is 1. The first-order chi connectivity index (χ1) is 11.9. The van der Waals surface area contributed by atoms with E-state index in [1.807, 2.05) is 31.2 Å². The Labute approximate surface area is 154 Å². The highest BCUT2D eigenvalue weighted by Crippen LogP contribution is 2.32. The Hall–Kier alpha value is -2.45. The highest BCUT2D eigenvalue weighted by molar-refractivity contribution is 8.26. The summed E-state index contributed by atoms with van der Waals surface area (Å²) in [4.78, 5) is 26.4. The summed E-state index contributed by atoms with van der Waals surface area (Å²) in [6.45, 7) is 3.56. The predicted molar refractivity (Wildman–Crippen MR) is 101 cm³/mol. The molecule has 1 aliphatic rings. The molecule has 2 heterocycles. The molecule has 1 saturated heterocycles. The Balaban J connectivity index is 1.68. The van der Waals surface area contributed by atoms with Crippen LogP contribution in [0.1, 0.15) is 16.9 Å². The van der Waals surface area contributed by atoms with E-state index in [1.54, 1.807) is 19.1 Å². The molecule has 0 spiro atoms. The Morgan fingerprint density at radius 3 is 2.72 bits per heavy atom. The lowest BCUT2D eigenvalue weighted by Crippen LogP contribution is -2.36. The molecular weight excluding hydrogens is 358 g/mol. The fraction of sp³-hybridized carbons (Fsp3) is 0.176. The van der Waals surface area contributed by atoms with E-state index in [2.05, 4.69) is 10.5 Å². The van der Waals surface area contributed by atoms with Gasteiger partial charge in [0.05, 0.1) is 4.91 Å². The maximum atomic E-state index is 12.5. The van der Waals surface area contributed by atoms with Crippen LogP contribution in [0, 0.1) is 13.8 Å². The lowest BCUT2D eigenvalue weighted by molar-refractivity contribution is -0.126. The van der Waals surface area contributed by atoms with Gasteiger partial charge in [-0.15, -0.1) is 0 Å². The van der Waals surface area contributed by atoms with Gasteiger partial charge in [0, 0.05) is 6.07 Å². The minimum atomic E-state index is -0.388. The second-order valence-corrected chi connectivity index (χ2v) is 7.23. The van der Waals surface area contributed by atoms with Gasteiger partial charge in [-0.25, -0.2) is 0 Å². The van der Waals surface area contributed by atoms with Crippen LogP contribution in [0.25, 0.3) is 6.08 Å². The van der Waals surface area contributed by atoms with E-state index in [0.717, 1.165) is 11.1 Å². The Morgan fingerprint density at radius 1 is 1.36 bits per heavy atom. The maximum Gasteiger partial charge on any atom is 0.266 e. The van der Waals surface area contributed by atoms with Gasteiger partial charge in [0.2, 0.25) is 5.91 Å². The van der Waals surface area contributed by atoms with Crippen LogP contribution in [0.15, 0.2) is 39.8 Å². The fourth-order valence-corrected chi connectivity index (χ4v) is 3.46. The smallest absolute Gasteiger partial charge is 0.266 e. The monoisotopic (exact) mass is 373 g/mol. The number of amides is 2. The van der Waals surface area contributed by atoms with Crippen molar-refractivity contribution < 1.29 is 14.1 Å². The first kappa shape index (κ1) is 17.4. The number of benzene rings is 1. The average molecular weight is 373 g/mol. The van der Waals surface area contributed by atoms with E-state index in [4.69, 9.17) is 16.7 Å². The van der Waals surface area contributed by atoms with Crippen LogP contribution in [0.4, 0.5) is 5.82 Å². The number of thioether (sulfide) groups is 1. The van der Waals surface area contributed by atoms with Crippen LogP contribution in [0.5, 0.6) is 0 Å². The molecule has 1 aromatic carbocycles. The van der Waals surface area contributed by atoms with Gasteiger partial charge in [-0.2, -0.15) is 0 Å². The molecule has 0 saturated carbocycles. The quantitative estimate of drug-likeness (QED) is 0.655. The van der Waals surface area contributed by atoms with Gasteiger partial charge < -0.3 is 9.84 Å². The molecule has 2 amide bonds. The molecule has 1 N–H and O–H groups in total. The van der Waals surface area contributed by atoms with Crippen LogP contribution in [-0.4, -0.2) is 32.7 Å². The van der Waals surface area contributed by atoms with Crippen molar-refractivity contribution in [2.45, 2.75) is 13.8 Å². The standard InChI is InChI=1S/C17H15N3O3S2/c1-10-3-5-12(6-4-10)8-13-16(22)20(17(24)25-13)9-15(21)18-14-7-11(2)23-19-14/h3-8H,9H2,1-2H3,(H,18,19,21)/b13-8+. The molecule has 1 aromatic heterocycles. The second kappa shape index (κ2) is 7.20. The van der Waals surface area contributed by atoms with Crippen LogP contribution in [0.3, 0.4) is 0 Å². The van der Waals surface area contributed by atoms with Gasteiger partial charge in [0.25, 0.3) is 5.91 Å². The number of anilines is 1. The van der Waals surface area contributed by atoms with Crippen molar-refractivity contribution in [2.24, 2.45) is 0 Å². The van der Waals surface area contributed by atoms with Crippen molar-refractivity contribution in [3.05, 3.63) is 52.1 Å². The molecular formula is C17H15N3O3S2. The first-order valence-corrected chi connectivity index (χ1v) is 8.70. The molecule has 0 bridgehead atoms. The molecule has 1 aliphatic heterocycles. The summed E-state index contributed by atoms with van der Waals surface area (Å²) in [5.41, 5.74) is 2.05. The molecule has 8 heteroatoms. The third-order valence-electron chi connectivity index (χ3n) is 3.45. The molecule has 0 aliphatic carbocycles. The summed E-state index contributed by atoms with van der Waals surface area (Å²) in [6, 6.07) is 9.41. The summed E-state index contributed by atoms with van der Waals surface area (Å²) < 4.78 is 5.24. The highest BCUT2D eigenvalue weighted by Gasteiger charge is 2.33. The molecule has 0 atom stereocenters. The zero-order valence-electron chi connectivity index (χ0n) is 13.6. The highest BCUT2D eigenvalue weighted by atomic mass is 32.2. The predicted octanol–water partition coefficient (Wildman–Crippen LogP) is 3.13. The van der Waals surface area contributed by atoms with Crippen molar-refractivity contribution in [3.63, 3.8) is 0 Å². The normalized spacial score (nSPS) is 15.9. The number of nitrogens with zero attached hydrogens (tertiary/aromatic N) is 2. The average Bonchev–Trinajstić information content (AvgIpc) is 3.08. The van der Waals surface area contributed by atoms with Gasteiger partial charge in [-0.1, -0.05) is 59.0 Å². The summed E-state index contributed by atoms with van der Waals surface area (Å²) in [7, 11) is 0. The fourth-order valence-electron chi connectivity index (χ4n) is 2.20. The summed E-state index contributed by atoms with van der Waals surface area (Å²) in [5.74, 6) is 0.230. The topological polar surface area (TPSA) is 75.4 Å². The van der Waals surface area contributed by atoms with Crippen LogP contribution >= 0.6 is 24.0 Å². The van der Waals surface area contributed by atoms with Crippen LogP contribution in [0.2, 0.25) is 0 Å². The van der Waals surface area contributed by atoms with E-state index in [-0.39, 0.29) is 18.4 Å². The number of thiocarbonyl (C=S) groups is 1. The number of rotatable bonds is 4. The molecule has 1 fully saturated rings. The van der Waals surface area contributed by atoms with Crippen molar-refractivity contribution >= 4 is 52.0 Å². The first-order valence-electron chi connectivity index (χ1n) is 7.47. The Morgan fingerprint density at radius 2 is 2.08 bits per heavy atom. The molecule has 128 valence electrons. The molecule has 25 heavy (non-hydrogen) atoms. The van der Waals surface area contributed by atoms with Gasteiger partial charge >= 0.3 is 0 Å². The third kappa shape index (κ3) is 4.15. The van der Waals surface area contributed by atoms with Gasteiger partial charge in [0.1, 0.15) is 16.6 Å². The maximum absolute atomic E-state index is 12.5. The number of carbonyl (C=O) groups excluding carboxylic acids is 2. The van der Waals surface area contributed by atoms with E-state index in [1.165, 1.54) is 16.7 Å². The van der Waals surface area contributed by atoms with Gasteiger partial charge in [0.15, 0.2) is 5.82 Å². The zero-order chi connectivity index (χ0) is 18.0. The zero-order valence-corrected chi connectivity index (χ0v) is 15.2. The number of hydrogen-bond donors (Lipinski definition) is 1. The van der Waals surface area contributed by atoms with E-state index in [0.29, 0.717) is 20.8 Å². The summed E-state index contributed by atoms with van der Waals surface area (Å²) in [5, 5.41) is 6.26. The van der Waals surface area contributed by atoms with Crippen molar-refractivity contribution in [1.29, 1.82) is 0 Å². The minimum absolute atomic E-state index is 0.165. The van der Waals surface area contributed by atoms with Crippen molar-refractivity contribution in [2.75, 3.05) is 11.9 Å². The van der Waals surface area contributed by atoms with E-state index in [9.17, 15) is 9.59 Å². The molecule has 0 radical (unpaired) electrons. The van der Waals surface area contributed by atoms with Gasteiger partial charge in [-0.05, 0) is 25.5 Å². The van der Waals surface area contributed by atoms with Crippen LogP contribution < -0.4 is 5.32 Å². The molecule has 2 aromatic rings. The third-order valence-corrected chi connectivity index (χ3v) is 4.82. The van der Waals surface area contributed by atoms with Crippen molar-refractivity contribution in [1.82, 2.24) is 10.1 Å². The molecule has 3 rings (SSSR count). The minimum Gasteiger partial charge on any atom is -0.360 e. The second-order valence-electron chi connectivity index (χ2n) is 5.55. The lowest BCUT2D eigenvalue weighted by atomic mass is 10.1. The number of hydrogen-bond acceptors (Lipinski definition) is 6. The Kier molecular flexibility index (Phi) is 5.00. The SMILES string of the molecule is Cc1ccc(/C=C2/SC(=S)N(CC(=O)Nc3cc(C)on3)C2=O)cc1. The summed E-state index contributed by atoms with van der Waals surface area (Å²) in [6.07, 6.45) is 1.78. The number of carbonyl (C=O) groups is 2. The molecule has 6 nitrogen and oxygen atoms in total. The van der Waals surface area contributed by atoms with E-state index < -0.39 is 0 Å². The van der Waals surface area contributed by atoms with Crippen LogP contribution in [-0.2, 0) is 9.59 Å². The van der Waals surface area contributed by atoms with Crippen molar-refractivity contribution in [3.8, 4) is 0 Å². The Bertz CT molecular complexity index is 872. The van der Waals surface area contributed by atoms with E-state index >= 15 is 0 Å².